The first kappa shape index (κ1) is 9.95. The van der Waals surface area contributed by atoms with Crippen molar-refractivity contribution >= 4 is 11.9 Å². The van der Waals surface area contributed by atoms with Gasteiger partial charge in [-0.15, -0.1) is 0 Å². The summed E-state index contributed by atoms with van der Waals surface area (Å²) in [7, 11) is 1.16. The van der Waals surface area contributed by atoms with Crippen molar-refractivity contribution in [3.8, 4) is 0 Å². The lowest BCUT2D eigenvalue weighted by atomic mass is 10.3. The summed E-state index contributed by atoms with van der Waals surface area (Å²) in [5, 5.41) is 0. The topological polar surface area (TPSA) is 52.6 Å². The molecule has 4 nitrogen and oxygen atoms in total. The molecule has 0 N–H and O–H groups in total. The van der Waals surface area contributed by atoms with E-state index in [1.54, 1.807) is 6.92 Å². The Kier molecular flexibility index (Phi) is 2.54. The molecule has 0 amide bonds. The van der Waals surface area contributed by atoms with Gasteiger partial charge in [0, 0.05) is 6.42 Å². The molecular weight excluding hydrogens is 179 g/mol. The van der Waals surface area contributed by atoms with Crippen LogP contribution < -0.4 is 0 Å². The van der Waals surface area contributed by atoms with Gasteiger partial charge in [0.05, 0.1) is 13.7 Å². The molecule has 0 bridgehead atoms. The van der Waals surface area contributed by atoms with E-state index in [9.17, 15) is 14.0 Å². The van der Waals surface area contributed by atoms with Gasteiger partial charge in [0.1, 0.15) is 5.92 Å². The molecule has 0 aromatic rings. The third-order valence-electron chi connectivity index (χ3n) is 1.99. The van der Waals surface area contributed by atoms with Gasteiger partial charge in [-0.05, 0) is 6.92 Å². The highest BCUT2D eigenvalue weighted by Gasteiger charge is 2.67. The Morgan fingerprint density at radius 2 is 2.23 bits per heavy atom. The first-order chi connectivity index (χ1) is 6.06. The maximum Gasteiger partial charge on any atom is 0.344 e. The molecular formula is C8H11FO4. The Morgan fingerprint density at radius 1 is 1.62 bits per heavy atom. The van der Waals surface area contributed by atoms with E-state index in [-0.39, 0.29) is 13.0 Å². The molecule has 1 fully saturated rings. The summed E-state index contributed by atoms with van der Waals surface area (Å²) >= 11 is 0. The normalized spacial score (nSPS) is 30.8. The Hall–Kier alpha value is -1.13. The first-order valence-electron chi connectivity index (χ1n) is 4.00. The number of methoxy groups -OCH3 is 1. The lowest BCUT2D eigenvalue weighted by Crippen LogP contribution is -2.25. The van der Waals surface area contributed by atoms with Crippen molar-refractivity contribution in [2.24, 2.45) is 5.92 Å². The van der Waals surface area contributed by atoms with E-state index >= 15 is 0 Å². The van der Waals surface area contributed by atoms with Crippen LogP contribution in [0.3, 0.4) is 0 Å². The minimum absolute atomic E-state index is 0.110. The van der Waals surface area contributed by atoms with Crippen LogP contribution in [0.25, 0.3) is 0 Å². The number of hydrogen-bond donors (Lipinski definition) is 0. The number of halogens is 1. The van der Waals surface area contributed by atoms with Gasteiger partial charge >= 0.3 is 11.9 Å². The van der Waals surface area contributed by atoms with Gasteiger partial charge in [-0.1, -0.05) is 0 Å². The van der Waals surface area contributed by atoms with Crippen LogP contribution >= 0.6 is 0 Å². The van der Waals surface area contributed by atoms with Crippen molar-refractivity contribution in [3.05, 3.63) is 0 Å². The van der Waals surface area contributed by atoms with E-state index in [2.05, 4.69) is 9.47 Å². The molecule has 0 unspecified atom stereocenters. The second-order valence-electron chi connectivity index (χ2n) is 2.86. The Balaban J connectivity index is 2.54. The second-order valence-corrected chi connectivity index (χ2v) is 2.86. The third kappa shape index (κ3) is 1.64. The van der Waals surface area contributed by atoms with Crippen molar-refractivity contribution < 1.29 is 23.5 Å². The summed E-state index contributed by atoms with van der Waals surface area (Å²) < 4.78 is 22.2. The number of carbonyl (C=O) groups excluding carboxylic acids is 2. The summed E-state index contributed by atoms with van der Waals surface area (Å²) in [6.07, 6.45) is -0.126. The molecule has 0 saturated heterocycles. The quantitative estimate of drug-likeness (QED) is 0.606. The lowest BCUT2D eigenvalue weighted by molar-refractivity contribution is -0.155. The SMILES string of the molecule is CCOC(=O)[C@]1(F)C[C@H]1C(=O)OC. The molecule has 0 aromatic carbocycles. The van der Waals surface area contributed by atoms with Gasteiger partial charge < -0.3 is 9.47 Å². The fourth-order valence-electron chi connectivity index (χ4n) is 1.13. The average molecular weight is 190 g/mol. The van der Waals surface area contributed by atoms with Gasteiger partial charge in [-0.2, -0.15) is 0 Å². The number of esters is 2. The smallest absolute Gasteiger partial charge is 0.344 e. The van der Waals surface area contributed by atoms with E-state index < -0.39 is 23.5 Å². The Bertz CT molecular complexity index is 240. The van der Waals surface area contributed by atoms with Crippen LogP contribution in [0.1, 0.15) is 13.3 Å². The molecule has 1 saturated carbocycles. The molecule has 1 rings (SSSR count). The largest absolute Gasteiger partial charge is 0.469 e. The number of ether oxygens (including phenoxy) is 2. The minimum Gasteiger partial charge on any atom is -0.469 e. The summed E-state index contributed by atoms with van der Waals surface area (Å²) in [6.45, 7) is 1.69. The van der Waals surface area contributed by atoms with E-state index in [1.165, 1.54) is 0 Å². The van der Waals surface area contributed by atoms with Crippen molar-refractivity contribution in [1.29, 1.82) is 0 Å². The standard InChI is InChI=1S/C8H11FO4/c1-3-13-7(11)8(9)4-5(8)6(10)12-2/h5H,3-4H2,1-2H3/t5-,8-/m0/s1. The van der Waals surface area contributed by atoms with Crippen molar-refractivity contribution in [2.75, 3.05) is 13.7 Å². The average Bonchev–Trinajstić information content (AvgIpc) is 2.79. The first-order valence-corrected chi connectivity index (χ1v) is 4.00. The van der Waals surface area contributed by atoms with E-state index in [0.29, 0.717) is 0 Å². The number of alkyl halides is 1. The van der Waals surface area contributed by atoms with Crippen molar-refractivity contribution in [3.63, 3.8) is 0 Å². The summed E-state index contributed by atoms with van der Waals surface area (Å²) in [4.78, 5) is 21.8. The fourth-order valence-corrected chi connectivity index (χ4v) is 1.13. The monoisotopic (exact) mass is 190 g/mol. The van der Waals surface area contributed by atoms with Crippen LogP contribution in [0.5, 0.6) is 0 Å². The highest BCUT2D eigenvalue weighted by atomic mass is 19.1. The van der Waals surface area contributed by atoms with Crippen molar-refractivity contribution in [1.82, 2.24) is 0 Å². The third-order valence-corrected chi connectivity index (χ3v) is 1.99. The Labute approximate surface area is 75.0 Å². The predicted molar refractivity (Wildman–Crippen MR) is 40.6 cm³/mol. The van der Waals surface area contributed by atoms with Crippen LogP contribution in [0, 0.1) is 5.92 Å². The van der Waals surface area contributed by atoms with Crippen LogP contribution in [-0.2, 0) is 19.1 Å². The van der Waals surface area contributed by atoms with Gasteiger partial charge in [0.2, 0.25) is 5.67 Å². The number of hydrogen-bond acceptors (Lipinski definition) is 4. The maximum absolute atomic E-state index is 13.4. The van der Waals surface area contributed by atoms with Crippen molar-refractivity contribution in [2.45, 2.75) is 19.0 Å². The van der Waals surface area contributed by atoms with Gasteiger partial charge in [0.15, 0.2) is 0 Å². The van der Waals surface area contributed by atoms with Crippen LogP contribution in [0.2, 0.25) is 0 Å². The highest BCUT2D eigenvalue weighted by Crippen LogP contribution is 2.48. The summed E-state index contributed by atoms with van der Waals surface area (Å²) in [5.74, 6) is -2.64. The zero-order valence-electron chi connectivity index (χ0n) is 7.50. The zero-order chi connectivity index (χ0) is 10.1. The van der Waals surface area contributed by atoms with Crippen LogP contribution in [-0.4, -0.2) is 31.3 Å². The maximum atomic E-state index is 13.4. The molecule has 0 radical (unpaired) electrons. The van der Waals surface area contributed by atoms with Crippen LogP contribution in [0.4, 0.5) is 4.39 Å². The molecule has 74 valence electrons. The minimum atomic E-state index is -2.14. The molecule has 1 aliphatic rings. The molecule has 5 heteroatoms. The molecule has 1 aliphatic carbocycles. The number of rotatable bonds is 3. The van der Waals surface area contributed by atoms with Gasteiger partial charge in [0.25, 0.3) is 0 Å². The zero-order valence-corrected chi connectivity index (χ0v) is 7.50. The number of carbonyl (C=O) groups is 2. The molecule has 13 heavy (non-hydrogen) atoms. The molecule has 0 aromatic heterocycles. The Morgan fingerprint density at radius 3 is 2.69 bits per heavy atom. The van der Waals surface area contributed by atoms with E-state index in [1.807, 2.05) is 0 Å². The van der Waals surface area contributed by atoms with E-state index in [4.69, 9.17) is 0 Å². The van der Waals surface area contributed by atoms with Crippen LogP contribution in [0.15, 0.2) is 0 Å². The second kappa shape index (κ2) is 3.32. The van der Waals surface area contributed by atoms with Gasteiger partial charge in [-0.25, -0.2) is 9.18 Å². The molecule has 0 spiro atoms. The van der Waals surface area contributed by atoms with E-state index in [0.717, 1.165) is 7.11 Å². The molecule has 2 atom stereocenters. The molecule has 0 aliphatic heterocycles. The fraction of sp³-hybridized carbons (Fsp3) is 0.750. The lowest BCUT2D eigenvalue weighted by Gasteiger charge is -2.05. The summed E-state index contributed by atoms with van der Waals surface area (Å²) in [5.41, 5.74) is -2.14. The highest BCUT2D eigenvalue weighted by molar-refractivity contribution is 5.93. The predicted octanol–water partition coefficient (Wildman–Crippen LogP) is 0.451. The summed E-state index contributed by atoms with van der Waals surface area (Å²) in [6, 6.07) is 0. The molecule has 0 heterocycles. The van der Waals surface area contributed by atoms with Gasteiger partial charge in [-0.3, -0.25) is 4.79 Å².